The fourth-order valence-corrected chi connectivity index (χ4v) is 1.70. The van der Waals surface area contributed by atoms with Gasteiger partial charge in [-0.25, -0.2) is 8.78 Å². The molecule has 2 nitrogen and oxygen atoms in total. The van der Waals surface area contributed by atoms with Crippen LogP contribution < -0.4 is 4.87 Å². The van der Waals surface area contributed by atoms with Crippen molar-refractivity contribution in [1.82, 2.24) is 4.98 Å². The van der Waals surface area contributed by atoms with E-state index in [1.807, 2.05) is 0 Å². The summed E-state index contributed by atoms with van der Waals surface area (Å²) in [7, 11) is 0. The quantitative estimate of drug-likeness (QED) is 0.775. The molecule has 72 valence electrons. The van der Waals surface area contributed by atoms with Crippen LogP contribution in [0, 0.1) is 11.6 Å². The van der Waals surface area contributed by atoms with E-state index >= 15 is 0 Å². The van der Waals surface area contributed by atoms with Gasteiger partial charge in [0.05, 0.1) is 5.69 Å². The van der Waals surface area contributed by atoms with Gasteiger partial charge in [0, 0.05) is 10.9 Å². The molecule has 2 aromatic rings. The second-order valence-corrected chi connectivity index (χ2v) is 3.53. The first kappa shape index (κ1) is 9.08. The van der Waals surface area contributed by atoms with E-state index in [2.05, 4.69) is 4.98 Å². The molecular formula is C9H5F2NOS. The molecule has 0 fully saturated rings. The van der Waals surface area contributed by atoms with Gasteiger partial charge in [-0.05, 0) is 18.2 Å². The lowest BCUT2D eigenvalue weighted by Gasteiger charge is -1.98. The largest absolute Gasteiger partial charge is 0.312 e. The zero-order chi connectivity index (χ0) is 10.1. The average molecular weight is 213 g/mol. The van der Waals surface area contributed by atoms with Crippen LogP contribution in [0.15, 0.2) is 28.4 Å². The maximum absolute atomic E-state index is 13.2. The number of benzene rings is 1. The van der Waals surface area contributed by atoms with Gasteiger partial charge in [-0.15, -0.1) is 0 Å². The minimum atomic E-state index is -0.555. The van der Waals surface area contributed by atoms with Crippen molar-refractivity contribution in [2.24, 2.45) is 0 Å². The average Bonchev–Trinajstić information content (AvgIpc) is 2.56. The topological polar surface area (TPSA) is 32.9 Å². The van der Waals surface area contributed by atoms with Gasteiger partial charge in [-0.2, -0.15) is 0 Å². The number of rotatable bonds is 1. The molecule has 1 N–H and O–H groups in total. The van der Waals surface area contributed by atoms with E-state index < -0.39 is 11.6 Å². The van der Waals surface area contributed by atoms with Crippen molar-refractivity contribution in [2.75, 3.05) is 0 Å². The molecular weight excluding hydrogens is 208 g/mol. The number of halogens is 2. The van der Waals surface area contributed by atoms with Gasteiger partial charge in [0.15, 0.2) is 0 Å². The van der Waals surface area contributed by atoms with Crippen molar-refractivity contribution in [3.05, 3.63) is 44.9 Å². The second-order valence-electron chi connectivity index (χ2n) is 2.69. The number of hydrogen-bond donors (Lipinski definition) is 1. The van der Waals surface area contributed by atoms with Crippen molar-refractivity contribution in [3.63, 3.8) is 0 Å². The smallest absolute Gasteiger partial charge is 0.304 e. The van der Waals surface area contributed by atoms with Gasteiger partial charge in [0.1, 0.15) is 11.6 Å². The standard InChI is InChI=1S/C9H5F2NOS/c10-5-1-2-7(11)6(3-5)8-4-14-9(13)12-8/h1-4H,(H,12,13). The Morgan fingerprint density at radius 1 is 1.29 bits per heavy atom. The van der Waals surface area contributed by atoms with E-state index in [4.69, 9.17) is 0 Å². The normalized spacial score (nSPS) is 10.4. The molecule has 0 bridgehead atoms. The minimum Gasteiger partial charge on any atom is -0.312 e. The Balaban J connectivity index is 2.61. The van der Waals surface area contributed by atoms with Gasteiger partial charge in [-0.3, -0.25) is 4.79 Å². The summed E-state index contributed by atoms with van der Waals surface area (Å²) in [4.78, 5) is 12.9. The number of nitrogens with one attached hydrogen (secondary N) is 1. The number of thiazole rings is 1. The van der Waals surface area contributed by atoms with E-state index in [1.54, 1.807) is 0 Å². The van der Waals surface area contributed by atoms with Crippen molar-refractivity contribution in [2.45, 2.75) is 0 Å². The number of hydrogen-bond acceptors (Lipinski definition) is 2. The summed E-state index contributed by atoms with van der Waals surface area (Å²) in [5.74, 6) is -1.09. The highest BCUT2D eigenvalue weighted by Crippen LogP contribution is 2.21. The van der Waals surface area contributed by atoms with Gasteiger partial charge in [-0.1, -0.05) is 11.3 Å². The molecule has 0 aliphatic heterocycles. The zero-order valence-electron chi connectivity index (χ0n) is 6.88. The highest BCUT2D eigenvalue weighted by Gasteiger charge is 2.07. The predicted octanol–water partition coefficient (Wildman–Crippen LogP) is 2.38. The molecule has 0 atom stereocenters. The molecule has 0 aliphatic rings. The highest BCUT2D eigenvalue weighted by molar-refractivity contribution is 7.07. The number of aromatic amines is 1. The van der Waals surface area contributed by atoms with E-state index in [0.29, 0.717) is 5.69 Å². The third kappa shape index (κ3) is 1.58. The molecule has 1 heterocycles. The maximum Gasteiger partial charge on any atom is 0.304 e. The van der Waals surface area contributed by atoms with Crippen LogP contribution in [0.25, 0.3) is 11.3 Å². The SMILES string of the molecule is O=c1[nH]c(-c2cc(F)ccc2F)cs1. The van der Waals surface area contributed by atoms with E-state index in [0.717, 1.165) is 29.5 Å². The molecule has 0 unspecified atom stereocenters. The molecule has 0 saturated heterocycles. The van der Waals surface area contributed by atoms with Crippen LogP contribution >= 0.6 is 11.3 Å². The maximum atomic E-state index is 13.2. The molecule has 5 heteroatoms. The molecule has 0 radical (unpaired) electrons. The third-order valence-corrected chi connectivity index (χ3v) is 2.41. The minimum absolute atomic E-state index is 0.0725. The van der Waals surface area contributed by atoms with Crippen LogP contribution in [0.3, 0.4) is 0 Å². The first-order valence-electron chi connectivity index (χ1n) is 3.80. The number of aromatic nitrogens is 1. The number of H-pyrrole nitrogens is 1. The van der Waals surface area contributed by atoms with Gasteiger partial charge in [0.25, 0.3) is 0 Å². The Kier molecular flexibility index (Phi) is 2.17. The Labute approximate surface area is 81.8 Å². The van der Waals surface area contributed by atoms with Crippen LogP contribution in [-0.2, 0) is 0 Å². The predicted molar refractivity (Wildman–Crippen MR) is 50.3 cm³/mol. The third-order valence-electron chi connectivity index (χ3n) is 1.74. The Hall–Kier alpha value is -1.49. The van der Waals surface area contributed by atoms with Crippen LogP contribution in [0.1, 0.15) is 0 Å². The fraction of sp³-hybridized carbons (Fsp3) is 0. The molecule has 1 aromatic carbocycles. The fourth-order valence-electron chi connectivity index (χ4n) is 1.12. The van der Waals surface area contributed by atoms with E-state index in [-0.39, 0.29) is 10.4 Å². The van der Waals surface area contributed by atoms with Crippen LogP contribution in [0.4, 0.5) is 8.78 Å². The summed E-state index contributed by atoms with van der Waals surface area (Å²) in [6.45, 7) is 0. The van der Waals surface area contributed by atoms with Gasteiger partial charge >= 0.3 is 4.87 Å². The van der Waals surface area contributed by atoms with Crippen molar-refractivity contribution in [1.29, 1.82) is 0 Å². The van der Waals surface area contributed by atoms with Crippen LogP contribution in [-0.4, -0.2) is 4.98 Å². The highest BCUT2D eigenvalue weighted by atomic mass is 32.1. The summed E-state index contributed by atoms with van der Waals surface area (Å²) in [5.41, 5.74) is 0.375. The molecule has 2 rings (SSSR count). The molecule has 0 spiro atoms. The molecule has 1 aromatic heterocycles. The van der Waals surface area contributed by atoms with Crippen molar-refractivity contribution < 1.29 is 8.78 Å². The zero-order valence-corrected chi connectivity index (χ0v) is 7.70. The van der Waals surface area contributed by atoms with Crippen LogP contribution in [0.2, 0.25) is 0 Å². The summed E-state index contributed by atoms with van der Waals surface area (Å²) >= 11 is 0.914. The summed E-state index contributed by atoms with van der Waals surface area (Å²) in [5, 5.41) is 1.46. The molecule has 0 aliphatic carbocycles. The van der Waals surface area contributed by atoms with Crippen LogP contribution in [0.5, 0.6) is 0 Å². The Morgan fingerprint density at radius 2 is 2.07 bits per heavy atom. The lowest BCUT2D eigenvalue weighted by Crippen LogP contribution is -1.94. The van der Waals surface area contributed by atoms with E-state index in [9.17, 15) is 13.6 Å². The van der Waals surface area contributed by atoms with Crippen molar-refractivity contribution >= 4 is 11.3 Å². The van der Waals surface area contributed by atoms with E-state index in [1.165, 1.54) is 5.38 Å². The first-order chi connectivity index (χ1) is 6.66. The summed E-state index contributed by atoms with van der Waals surface area (Å²) in [6.07, 6.45) is 0. The molecule has 14 heavy (non-hydrogen) atoms. The second kappa shape index (κ2) is 3.34. The van der Waals surface area contributed by atoms with Gasteiger partial charge < -0.3 is 4.98 Å². The lowest BCUT2D eigenvalue weighted by molar-refractivity contribution is 0.602. The summed E-state index contributed by atoms with van der Waals surface area (Å²) in [6, 6.07) is 3.11. The van der Waals surface area contributed by atoms with Gasteiger partial charge in [0.2, 0.25) is 0 Å². The first-order valence-corrected chi connectivity index (χ1v) is 4.68. The Morgan fingerprint density at radius 3 is 2.71 bits per heavy atom. The summed E-state index contributed by atoms with van der Waals surface area (Å²) < 4.78 is 26.0. The molecule has 0 saturated carbocycles. The molecule has 0 amide bonds. The lowest BCUT2D eigenvalue weighted by atomic mass is 10.1. The Bertz CT molecular complexity index is 518. The monoisotopic (exact) mass is 213 g/mol. The van der Waals surface area contributed by atoms with Crippen molar-refractivity contribution in [3.8, 4) is 11.3 Å².